The van der Waals surface area contributed by atoms with Gasteiger partial charge in [-0.15, -0.1) is 5.10 Å². The molecule has 2 heterocycles. The van der Waals surface area contributed by atoms with E-state index >= 15 is 0 Å². The van der Waals surface area contributed by atoms with Gasteiger partial charge in [-0.2, -0.15) is 4.68 Å². The summed E-state index contributed by atoms with van der Waals surface area (Å²) in [7, 11) is 0. The van der Waals surface area contributed by atoms with E-state index in [0.717, 1.165) is 46.8 Å². The van der Waals surface area contributed by atoms with Gasteiger partial charge in [0.25, 0.3) is 5.91 Å². The van der Waals surface area contributed by atoms with Gasteiger partial charge in [-0.25, -0.2) is 0 Å². The fourth-order valence-corrected chi connectivity index (χ4v) is 5.03. The molecule has 1 saturated heterocycles. The number of aromatic nitrogens is 4. The van der Waals surface area contributed by atoms with Gasteiger partial charge in [-0.05, 0) is 72.3 Å². The monoisotopic (exact) mass is 527 g/mol. The van der Waals surface area contributed by atoms with Crippen LogP contribution in [0.15, 0.2) is 78.0 Å². The van der Waals surface area contributed by atoms with Crippen LogP contribution in [0.2, 0.25) is 0 Å². The van der Waals surface area contributed by atoms with Crippen molar-refractivity contribution in [3.05, 3.63) is 89.5 Å². The highest BCUT2D eigenvalue weighted by atomic mass is 32.2. The standard InChI is InChI=1S/C28H29N7O2S/c1-20-7-9-22(10-8-20)27(37)34-17-15-33(16-18-34)24-13-11-23(12-14-24)29-26(36)19-38-28-30-31-32-35(28)25-6-4-3-5-21(25)2/h3-14H,15-19H2,1-2H3,(H,29,36). The van der Waals surface area contributed by atoms with Crippen LogP contribution in [0.3, 0.4) is 0 Å². The summed E-state index contributed by atoms with van der Waals surface area (Å²) in [4.78, 5) is 29.5. The van der Waals surface area contributed by atoms with Crippen LogP contribution in [0, 0.1) is 13.8 Å². The van der Waals surface area contributed by atoms with Crippen LogP contribution in [-0.4, -0.2) is 68.9 Å². The van der Waals surface area contributed by atoms with Crippen molar-refractivity contribution in [2.75, 3.05) is 42.1 Å². The number of piperazine rings is 1. The second-order valence-electron chi connectivity index (χ2n) is 9.19. The average molecular weight is 528 g/mol. The van der Waals surface area contributed by atoms with Crippen molar-refractivity contribution < 1.29 is 9.59 Å². The Balaban J connectivity index is 1.11. The zero-order chi connectivity index (χ0) is 26.5. The summed E-state index contributed by atoms with van der Waals surface area (Å²) < 4.78 is 1.65. The Morgan fingerprint density at radius 2 is 1.61 bits per heavy atom. The number of anilines is 2. The minimum Gasteiger partial charge on any atom is -0.368 e. The number of carbonyl (C=O) groups is 2. The fraction of sp³-hybridized carbons (Fsp3) is 0.250. The van der Waals surface area contributed by atoms with Crippen LogP contribution >= 0.6 is 11.8 Å². The Morgan fingerprint density at radius 3 is 2.32 bits per heavy atom. The number of hydrogen-bond acceptors (Lipinski definition) is 7. The molecule has 0 saturated carbocycles. The molecule has 3 aromatic carbocycles. The smallest absolute Gasteiger partial charge is 0.253 e. The highest BCUT2D eigenvalue weighted by molar-refractivity contribution is 7.99. The maximum atomic E-state index is 12.8. The molecule has 0 spiro atoms. The van der Waals surface area contributed by atoms with E-state index in [4.69, 9.17) is 0 Å². The molecule has 0 atom stereocenters. The molecule has 0 aliphatic carbocycles. The maximum absolute atomic E-state index is 12.8. The van der Waals surface area contributed by atoms with E-state index in [1.165, 1.54) is 11.8 Å². The van der Waals surface area contributed by atoms with Gasteiger partial charge in [0.1, 0.15) is 0 Å². The SMILES string of the molecule is Cc1ccc(C(=O)N2CCN(c3ccc(NC(=O)CSc4nnnn4-c4ccccc4C)cc3)CC2)cc1. The lowest BCUT2D eigenvalue weighted by molar-refractivity contribution is -0.113. The largest absolute Gasteiger partial charge is 0.368 e. The molecule has 5 rings (SSSR count). The van der Waals surface area contributed by atoms with Crippen molar-refractivity contribution in [1.82, 2.24) is 25.1 Å². The van der Waals surface area contributed by atoms with Crippen molar-refractivity contribution in [2.45, 2.75) is 19.0 Å². The molecule has 0 bridgehead atoms. The molecule has 1 aliphatic heterocycles. The van der Waals surface area contributed by atoms with Crippen LogP contribution < -0.4 is 10.2 Å². The van der Waals surface area contributed by atoms with E-state index in [2.05, 4.69) is 25.7 Å². The fourth-order valence-electron chi connectivity index (χ4n) is 4.35. The minimum atomic E-state index is -0.134. The van der Waals surface area contributed by atoms with Crippen LogP contribution in [0.5, 0.6) is 0 Å². The summed E-state index contributed by atoms with van der Waals surface area (Å²) in [6.07, 6.45) is 0. The summed E-state index contributed by atoms with van der Waals surface area (Å²) in [5.74, 6) is 0.129. The summed E-state index contributed by atoms with van der Waals surface area (Å²) >= 11 is 1.29. The molecule has 10 heteroatoms. The van der Waals surface area contributed by atoms with Gasteiger partial charge in [-0.1, -0.05) is 47.7 Å². The van der Waals surface area contributed by atoms with Gasteiger partial charge in [0.2, 0.25) is 11.1 Å². The molecule has 9 nitrogen and oxygen atoms in total. The first kappa shape index (κ1) is 25.5. The second kappa shape index (κ2) is 11.5. The molecule has 0 radical (unpaired) electrons. The first-order valence-corrected chi connectivity index (χ1v) is 13.4. The molecule has 1 N–H and O–H groups in total. The van der Waals surface area contributed by atoms with Gasteiger partial charge in [0.05, 0.1) is 11.4 Å². The van der Waals surface area contributed by atoms with E-state index in [0.29, 0.717) is 18.2 Å². The van der Waals surface area contributed by atoms with Gasteiger partial charge in [-0.3, -0.25) is 9.59 Å². The van der Waals surface area contributed by atoms with Crippen molar-refractivity contribution in [3.8, 4) is 5.69 Å². The number of tetrazole rings is 1. The summed E-state index contributed by atoms with van der Waals surface area (Å²) in [5.41, 5.74) is 5.60. The summed E-state index contributed by atoms with van der Waals surface area (Å²) in [6, 6.07) is 23.3. The van der Waals surface area contributed by atoms with Gasteiger partial charge < -0.3 is 15.1 Å². The highest BCUT2D eigenvalue weighted by Crippen LogP contribution is 2.23. The van der Waals surface area contributed by atoms with Crippen molar-refractivity contribution in [1.29, 1.82) is 0 Å². The lowest BCUT2D eigenvalue weighted by atomic mass is 10.1. The normalized spacial score (nSPS) is 13.4. The molecule has 1 aromatic heterocycles. The Hall–Kier alpha value is -4.18. The van der Waals surface area contributed by atoms with Crippen molar-refractivity contribution >= 4 is 35.0 Å². The number of aryl methyl sites for hydroxylation is 2. The third kappa shape index (κ3) is 5.86. The van der Waals surface area contributed by atoms with Crippen molar-refractivity contribution in [3.63, 3.8) is 0 Å². The van der Waals surface area contributed by atoms with Crippen molar-refractivity contribution in [2.24, 2.45) is 0 Å². The average Bonchev–Trinajstić information content (AvgIpc) is 3.41. The van der Waals surface area contributed by atoms with Crippen LogP contribution in [0.1, 0.15) is 21.5 Å². The number of thioether (sulfide) groups is 1. The molecule has 1 fully saturated rings. The zero-order valence-corrected chi connectivity index (χ0v) is 22.2. The number of carbonyl (C=O) groups excluding carboxylic acids is 2. The van der Waals surface area contributed by atoms with E-state index in [-0.39, 0.29) is 17.6 Å². The van der Waals surface area contributed by atoms with Gasteiger partial charge in [0.15, 0.2) is 0 Å². The van der Waals surface area contributed by atoms with Crippen LogP contribution in [0.4, 0.5) is 11.4 Å². The number of amides is 2. The first-order chi connectivity index (χ1) is 18.5. The Kier molecular flexibility index (Phi) is 7.69. The van der Waals surface area contributed by atoms with E-state index in [9.17, 15) is 9.59 Å². The van der Waals surface area contributed by atoms with E-state index in [1.807, 2.05) is 91.5 Å². The third-order valence-corrected chi connectivity index (χ3v) is 7.42. The zero-order valence-electron chi connectivity index (χ0n) is 21.4. The highest BCUT2D eigenvalue weighted by Gasteiger charge is 2.22. The Labute approximate surface area is 225 Å². The molecule has 2 amide bonds. The lowest BCUT2D eigenvalue weighted by Crippen LogP contribution is -2.48. The topological polar surface area (TPSA) is 96.2 Å². The number of nitrogens with zero attached hydrogens (tertiary/aromatic N) is 6. The quantitative estimate of drug-likeness (QED) is 0.363. The molecule has 1 aliphatic rings. The molecule has 4 aromatic rings. The lowest BCUT2D eigenvalue weighted by Gasteiger charge is -2.36. The van der Waals surface area contributed by atoms with Gasteiger partial charge in [0, 0.05) is 43.1 Å². The number of rotatable bonds is 7. The van der Waals surface area contributed by atoms with Gasteiger partial charge >= 0.3 is 0 Å². The number of nitrogens with one attached hydrogen (secondary N) is 1. The molecule has 38 heavy (non-hydrogen) atoms. The molecular formula is C28H29N7O2S. The summed E-state index contributed by atoms with van der Waals surface area (Å²) in [6.45, 7) is 6.87. The maximum Gasteiger partial charge on any atom is 0.253 e. The van der Waals surface area contributed by atoms with Crippen LogP contribution in [0.25, 0.3) is 5.69 Å². The molecular weight excluding hydrogens is 498 g/mol. The predicted octanol–water partition coefficient (Wildman–Crippen LogP) is 3.97. The molecule has 0 unspecified atom stereocenters. The Bertz CT molecular complexity index is 1410. The van der Waals surface area contributed by atoms with E-state index < -0.39 is 0 Å². The Morgan fingerprint density at radius 1 is 0.895 bits per heavy atom. The third-order valence-electron chi connectivity index (χ3n) is 6.50. The second-order valence-corrected chi connectivity index (χ2v) is 10.1. The van der Waals surface area contributed by atoms with Crippen LogP contribution in [-0.2, 0) is 4.79 Å². The minimum absolute atomic E-state index is 0.0773. The predicted molar refractivity (Wildman–Crippen MR) is 149 cm³/mol. The first-order valence-electron chi connectivity index (χ1n) is 12.5. The summed E-state index contributed by atoms with van der Waals surface area (Å²) in [5, 5.41) is 15.4. The number of hydrogen-bond donors (Lipinski definition) is 1. The number of para-hydroxylation sites is 1. The van der Waals surface area contributed by atoms with E-state index in [1.54, 1.807) is 4.68 Å². The number of benzene rings is 3. The molecule has 194 valence electrons.